The Morgan fingerprint density at radius 3 is 1.39 bits per heavy atom. The molecule has 0 aromatic heterocycles. The van der Waals surface area contributed by atoms with Crippen molar-refractivity contribution in [3.8, 4) is 0 Å². The quantitative estimate of drug-likeness (QED) is 0.349. The van der Waals surface area contributed by atoms with Gasteiger partial charge in [-0.05, 0) is 12.1 Å². The van der Waals surface area contributed by atoms with Crippen molar-refractivity contribution >= 4 is 47.1 Å². The molecule has 0 saturated carbocycles. The summed E-state index contributed by atoms with van der Waals surface area (Å²) in [4.78, 5) is 45.2. The van der Waals surface area contributed by atoms with E-state index in [2.05, 4.69) is 0 Å². The molecule has 0 fully saturated rings. The van der Waals surface area contributed by atoms with Crippen LogP contribution in [0, 0.1) is 0 Å². The number of carbonyl (C=O) groups is 2. The number of hydrogen-bond acceptors (Lipinski definition) is 5. The number of rotatable bonds is 2. The molecule has 1 aromatic rings. The second-order valence-electron chi connectivity index (χ2n) is 2.62. The molecular formula is C8H7O8PPb. The van der Waals surface area contributed by atoms with Crippen molar-refractivity contribution in [1.82, 2.24) is 0 Å². The van der Waals surface area contributed by atoms with Crippen LogP contribution in [0.3, 0.4) is 0 Å². The topological polar surface area (TPSA) is 158 Å². The normalized spacial score (nSPS) is 9.50. The predicted molar refractivity (Wildman–Crippen MR) is 55.9 cm³/mol. The summed E-state index contributed by atoms with van der Waals surface area (Å²) in [5, 5.41) is 17.1. The third-order valence-electron chi connectivity index (χ3n) is 1.39. The first kappa shape index (κ1) is 19.5. The molecule has 0 unspecified atom stereocenters. The van der Waals surface area contributed by atoms with E-state index in [1.54, 1.807) is 0 Å². The molecule has 8 nitrogen and oxygen atoms in total. The molecule has 0 aliphatic heterocycles. The summed E-state index contributed by atoms with van der Waals surface area (Å²) < 4.78 is 8.66. The fraction of sp³-hybridized carbons (Fsp3) is 0. The van der Waals surface area contributed by atoms with Crippen LogP contribution < -0.4 is 9.79 Å². The van der Waals surface area contributed by atoms with Crippen molar-refractivity contribution in [3.05, 3.63) is 35.4 Å². The van der Waals surface area contributed by atoms with Gasteiger partial charge in [0.25, 0.3) is 0 Å². The molecule has 96 valence electrons. The number of benzene rings is 1. The van der Waals surface area contributed by atoms with Gasteiger partial charge in [0.2, 0.25) is 0 Å². The van der Waals surface area contributed by atoms with Gasteiger partial charge in [-0.2, -0.15) is 0 Å². The third-order valence-corrected chi connectivity index (χ3v) is 1.39. The predicted octanol–water partition coefficient (Wildman–Crippen LogP) is -1.49. The van der Waals surface area contributed by atoms with E-state index in [0.717, 1.165) is 0 Å². The third kappa shape index (κ3) is 9.25. The summed E-state index contributed by atoms with van der Waals surface area (Å²) in [7, 11) is -5.14. The minimum absolute atomic E-state index is 0. The van der Waals surface area contributed by atoms with Crippen molar-refractivity contribution in [2.24, 2.45) is 0 Å². The van der Waals surface area contributed by atoms with Crippen LogP contribution in [0.25, 0.3) is 0 Å². The first-order valence-electron chi connectivity index (χ1n) is 3.93. The Labute approximate surface area is 121 Å². The maximum absolute atomic E-state index is 10.5. The van der Waals surface area contributed by atoms with Gasteiger partial charge in [-0.3, -0.25) is 0 Å². The minimum Gasteiger partial charge on any atom is -0.790 e. The van der Waals surface area contributed by atoms with Gasteiger partial charge < -0.3 is 29.5 Å². The largest absolute Gasteiger partial charge is 2.00 e. The molecule has 0 aliphatic rings. The molecule has 3 N–H and O–H groups in total. The average Bonchev–Trinajstić information content (AvgIpc) is 2.15. The van der Waals surface area contributed by atoms with E-state index < -0.39 is 19.8 Å². The second kappa shape index (κ2) is 8.32. The molecule has 1 rings (SSSR count). The molecule has 1 aromatic carbocycles. The van der Waals surface area contributed by atoms with Crippen LogP contribution >= 0.6 is 7.82 Å². The Bertz CT molecular complexity index is 427. The Morgan fingerprint density at radius 2 is 1.22 bits per heavy atom. The summed E-state index contributed by atoms with van der Waals surface area (Å²) >= 11 is 0. The molecular weight excluding hydrogens is 462 g/mol. The number of phosphoric acid groups is 1. The molecule has 0 aliphatic carbocycles. The van der Waals surface area contributed by atoms with Crippen molar-refractivity contribution < 1.29 is 39.0 Å². The molecule has 0 spiro atoms. The van der Waals surface area contributed by atoms with E-state index in [-0.39, 0.29) is 38.4 Å². The molecule has 10 heteroatoms. The Kier molecular flexibility index (Phi) is 9.03. The van der Waals surface area contributed by atoms with Gasteiger partial charge in [-0.25, -0.2) is 9.59 Å². The number of carboxylic acids is 2. The Balaban J connectivity index is 0. The van der Waals surface area contributed by atoms with Crippen molar-refractivity contribution in [3.63, 3.8) is 0 Å². The van der Waals surface area contributed by atoms with E-state index in [1.165, 1.54) is 24.3 Å². The number of hydrogen-bond donors (Lipinski definition) is 3. The van der Waals surface area contributed by atoms with Crippen molar-refractivity contribution in [2.75, 3.05) is 0 Å². The molecule has 0 saturated heterocycles. The van der Waals surface area contributed by atoms with Crippen LogP contribution in [0.15, 0.2) is 24.3 Å². The van der Waals surface area contributed by atoms with Crippen LogP contribution in [-0.4, -0.2) is 54.3 Å². The Hall–Kier alpha value is -0.808. The monoisotopic (exact) mass is 470 g/mol. The van der Waals surface area contributed by atoms with E-state index >= 15 is 0 Å². The average molecular weight is 469 g/mol. The van der Waals surface area contributed by atoms with Crippen LogP contribution in [0.2, 0.25) is 0 Å². The zero-order valence-corrected chi connectivity index (χ0v) is 13.4. The maximum Gasteiger partial charge on any atom is 2.00 e. The van der Waals surface area contributed by atoms with E-state index in [0.29, 0.717) is 0 Å². The zero-order valence-electron chi connectivity index (χ0n) is 8.64. The summed E-state index contributed by atoms with van der Waals surface area (Å²) in [5.41, 5.74) is -0.380. The molecule has 0 amide bonds. The molecule has 0 heterocycles. The summed E-state index contributed by atoms with van der Waals surface area (Å²) in [6.07, 6.45) is 0. The first-order valence-corrected chi connectivity index (χ1v) is 5.43. The Morgan fingerprint density at radius 1 is 1.00 bits per heavy atom. The van der Waals surface area contributed by atoms with Gasteiger partial charge in [0, 0.05) is 0 Å². The van der Waals surface area contributed by atoms with Gasteiger partial charge in [0.15, 0.2) is 0 Å². The fourth-order valence-corrected chi connectivity index (χ4v) is 0.856. The van der Waals surface area contributed by atoms with Crippen molar-refractivity contribution in [1.29, 1.82) is 0 Å². The smallest absolute Gasteiger partial charge is 0.790 e. The first-order chi connectivity index (χ1) is 7.63. The molecule has 18 heavy (non-hydrogen) atoms. The van der Waals surface area contributed by atoms with Gasteiger partial charge >= 0.3 is 39.2 Å². The summed E-state index contributed by atoms with van der Waals surface area (Å²) in [5.74, 6) is -2.46. The van der Waals surface area contributed by atoms with Crippen LogP contribution in [0.5, 0.6) is 0 Å². The fourth-order valence-electron chi connectivity index (χ4n) is 0.856. The summed E-state index contributed by atoms with van der Waals surface area (Å²) in [6.45, 7) is 0. The van der Waals surface area contributed by atoms with Crippen LogP contribution in [-0.2, 0) is 4.57 Å². The standard InChI is InChI=1S/C8H6O4.H3O4P.Pb/c9-7(10)5-3-1-2-4-6(5)8(11)12;1-5(2,3)4;/h1-4H,(H,9,10)(H,11,12);(H3,1,2,3,4);/q;;+2/p-2. The minimum atomic E-state index is -5.14. The van der Waals surface area contributed by atoms with Gasteiger partial charge in [0.05, 0.1) is 18.9 Å². The van der Waals surface area contributed by atoms with Gasteiger partial charge in [0.1, 0.15) is 0 Å². The molecule has 2 radical (unpaired) electrons. The molecule has 0 atom stereocenters. The van der Waals surface area contributed by atoms with Crippen LogP contribution in [0.1, 0.15) is 20.7 Å². The van der Waals surface area contributed by atoms with E-state index in [4.69, 9.17) is 29.5 Å². The number of carboxylic acid groups (broad SMARTS) is 2. The van der Waals surface area contributed by atoms with E-state index in [1.807, 2.05) is 0 Å². The second-order valence-corrected chi connectivity index (χ2v) is 3.56. The van der Waals surface area contributed by atoms with Gasteiger partial charge in [-0.1, -0.05) is 12.1 Å². The van der Waals surface area contributed by atoms with E-state index in [9.17, 15) is 9.59 Å². The zero-order chi connectivity index (χ0) is 13.6. The SMILES string of the molecule is O=C(O)c1ccccc1C(=O)O.O=P([O-])([O-])O.[Pb+2]. The van der Waals surface area contributed by atoms with Gasteiger partial charge in [-0.15, -0.1) is 0 Å². The van der Waals surface area contributed by atoms with Crippen LogP contribution in [0.4, 0.5) is 0 Å². The number of aromatic carboxylic acids is 2. The maximum atomic E-state index is 10.5. The molecule has 0 bridgehead atoms. The van der Waals surface area contributed by atoms with Crippen molar-refractivity contribution in [2.45, 2.75) is 0 Å². The summed E-state index contributed by atoms with van der Waals surface area (Å²) in [6, 6.07) is 5.48.